The molecule has 0 saturated carbocycles. The van der Waals surface area contributed by atoms with Crippen LogP contribution in [-0.4, -0.2) is 52.2 Å². The van der Waals surface area contributed by atoms with Crippen LogP contribution in [0.5, 0.6) is 0 Å². The van der Waals surface area contributed by atoms with Gasteiger partial charge in [0.25, 0.3) is 0 Å². The normalized spacial score (nSPS) is 14.1. The molecule has 1 fully saturated rings. The van der Waals surface area contributed by atoms with Gasteiger partial charge in [-0.3, -0.25) is 9.78 Å². The quantitative estimate of drug-likeness (QED) is 0.675. The van der Waals surface area contributed by atoms with Crippen molar-refractivity contribution in [3.05, 3.63) is 58.5 Å². The van der Waals surface area contributed by atoms with E-state index in [1.165, 1.54) is 10.4 Å². The highest BCUT2D eigenvalue weighted by atomic mass is 32.1. The SMILES string of the molecule is Cc1ccsc1CCC(=O)N1CCN(c2ccc(Nc3cccnc3)nn2)CC1. The van der Waals surface area contributed by atoms with Crippen LogP contribution in [0, 0.1) is 6.92 Å². The zero-order valence-corrected chi connectivity index (χ0v) is 17.2. The minimum Gasteiger partial charge on any atom is -0.352 e. The van der Waals surface area contributed by atoms with Crippen molar-refractivity contribution in [1.29, 1.82) is 0 Å². The number of carbonyl (C=O) groups excluding carboxylic acids is 1. The van der Waals surface area contributed by atoms with Crippen LogP contribution in [-0.2, 0) is 11.2 Å². The van der Waals surface area contributed by atoms with Crippen LogP contribution < -0.4 is 10.2 Å². The molecule has 4 heterocycles. The molecular weight excluding hydrogens is 384 g/mol. The molecule has 0 aromatic carbocycles. The van der Waals surface area contributed by atoms with Crippen molar-refractivity contribution in [3.63, 3.8) is 0 Å². The van der Waals surface area contributed by atoms with Crippen molar-refractivity contribution in [2.24, 2.45) is 0 Å². The largest absolute Gasteiger partial charge is 0.352 e. The van der Waals surface area contributed by atoms with Crippen LogP contribution in [0.1, 0.15) is 16.9 Å². The van der Waals surface area contributed by atoms with E-state index in [0.717, 1.165) is 44.1 Å². The first-order chi connectivity index (χ1) is 14.2. The van der Waals surface area contributed by atoms with Gasteiger partial charge in [-0.25, -0.2) is 0 Å². The number of aryl methyl sites for hydroxylation is 2. The lowest BCUT2D eigenvalue weighted by Gasteiger charge is -2.35. The summed E-state index contributed by atoms with van der Waals surface area (Å²) in [6.07, 6.45) is 4.88. The molecule has 1 aliphatic heterocycles. The molecule has 1 amide bonds. The molecule has 0 atom stereocenters. The smallest absolute Gasteiger partial charge is 0.223 e. The number of nitrogens with zero attached hydrogens (tertiary/aromatic N) is 5. The Morgan fingerprint density at radius 3 is 2.66 bits per heavy atom. The Hall–Kier alpha value is -3.00. The monoisotopic (exact) mass is 408 g/mol. The summed E-state index contributed by atoms with van der Waals surface area (Å²) in [5, 5.41) is 13.9. The molecule has 1 aliphatic rings. The van der Waals surface area contributed by atoms with Crippen LogP contribution >= 0.6 is 11.3 Å². The molecule has 0 spiro atoms. The van der Waals surface area contributed by atoms with E-state index in [-0.39, 0.29) is 5.91 Å². The van der Waals surface area contributed by atoms with Crippen molar-refractivity contribution in [1.82, 2.24) is 20.1 Å². The Labute approximate surface area is 174 Å². The van der Waals surface area contributed by atoms with Gasteiger partial charge in [-0.05, 0) is 54.6 Å². The third kappa shape index (κ3) is 4.89. The molecule has 0 bridgehead atoms. The van der Waals surface area contributed by atoms with Crippen molar-refractivity contribution < 1.29 is 4.79 Å². The molecule has 3 aromatic heterocycles. The summed E-state index contributed by atoms with van der Waals surface area (Å²) in [5.41, 5.74) is 2.16. The van der Waals surface area contributed by atoms with Gasteiger partial charge in [0, 0.05) is 43.7 Å². The maximum absolute atomic E-state index is 12.5. The molecule has 3 aromatic rings. The molecule has 1 saturated heterocycles. The lowest BCUT2D eigenvalue weighted by Crippen LogP contribution is -2.49. The number of amides is 1. The van der Waals surface area contributed by atoms with Gasteiger partial charge in [-0.2, -0.15) is 0 Å². The van der Waals surface area contributed by atoms with E-state index in [0.29, 0.717) is 12.2 Å². The minimum atomic E-state index is 0.236. The fraction of sp³-hybridized carbons (Fsp3) is 0.333. The van der Waals surface area contributed by atoms with E-state index in [9.17, 15) is 4.79 Å². The van der Waals surface area contributed by atoms with Gasteiger partial charge in [0.15, 0.2) is 11.6 Å². The first-order valence-electron chi connectivity index (χ1n) is 9.75. The van der Waals surface area contributed by atoms with Crippen molar-refractivity contribution >= 4 is 34.6 Å². The molecule has 0 aliphatic carbocycles. The molecule has 7 nitrogen and oxygen atoms in total. The number of anilines is 3. The number of hydrogen-bond donors (Lipinski definition) is 1. The van der Waals surface area contributed by atoms with Crippen molar-refractivity contribution in [3.8, 4) is 0 Å². The van der Waals surface area contributed by atoms with Crippen LogP contribution in [0.15, 0.2) is 48.1 Å². The van der Waals surface area contributed by atoms with Crippen LogP contribution in [0.3, 0.4) is 0 Å². The second-order valence-electron chi connectivity index (χ2n) is 7.04. The van der Waals surface area contributed by atoms with Crippen LogP contribution in [0.25, 0.3) is 0 Å². The van der Waals surface area contributed by atoms with E-state index in [4.69, 9.17) is 0 Å². The summed E-state index contributed by atoms with van der Waals surface area (Å²) in [6, 6.07) is 9.78. The van der Waals surface area contributed by atoms with E-state index >= 15 is 0 Å². The highest BCUT2D eigenvalue weighted by molar-refractivity contribution is 7.10. The van der Waals surface area contributed by atoms with Gasteiger partial charge in [-0.1, -0.05) is 0 Å². The number of piperazine rings is 1. The average Bonchev–Trinajstić information content (AvgIpc) is 3.18. The predicted octanol–water partition coefficient (Wildman–Crippen LogP) is 3.27. The number of hydrogen-bond acceptors (Lipinski definition) is 7. The number of thiophene rings is 1. The molecule has 4 rings (SSSR count). The lowest BCUT2D eigenvalue weighted by molar-refractivity contribution is -0.131. The minimum absolute atomic E-state index is 0.236. The molecule has 0 radical (unpaired) electrons. The second-order valence-corrected chi connectivity index (χ2v) is 8.04. The van der Waals surface area contributed by atoms with E-state index in [2.05, 4.69) is 43.8 Å². The molecular formula is C21H24N6OS. The number of aromatic nitrogens is 3. The molecule has 1 N–H and O–H groups in total. The Bertz CT molecular complexity index is 935. The highest BCUT2D eigenvalue weighted by Gasteiger charge is 2.22. The zero-order chi connectivity index (χ0) is 20.1. The molecule has 29 heavy (non-hydrogen) atoms. The van der Waals surface area contributed by atoms with E-state index < -0.39 is 0 Å². The van der Waals surface area contributed by atoms with Gasteiger partial charge in [0.2, 0.25) is 5.91 Å². The second kappa shape index (κ2) is 9.00. The Morgan fingerprint density at radius 2 is 2.00 bits per heavy atom. The van der Waals surface area contributed by atoms with Crippen molar-refractivity contribution in [2.75, 3.05) is 36.4 Å². The standard InChI is InChI=1S/C21H24N6OS/c1-16-8-14-29-18(16)4-7-21(28)27-12-10-26(11-13-27)20-6-5-19(24-25-20)23-17-3-2-9-22-15-17/h2-3,5-6,8-9,14-15H,4,7,10-13H2,1H3,(H,23,24). The van der Waals surface area contributed by atoms with Crippen LogP contribution in [0.2, 0.25) is 0 Å². The maximum atomic E-state index is 12.5. The fourth-order valence-electron chi connectivity index (χ4n) is 3.37. The zero-order valence-electron chi connectivity index (χ0n) is 16.4. The first-order valence-corrected chi connectivity index (χ1v) is 10.6. The average molecular weight is 409 g/mol. The summed E-state index contributed by atoms with van der Waals surface area (Å²) in [4.78, 5) is 22.1. The van der Waals surface area contributed by atoms with Gasteiger partial charge in [-0.15, -0.1) is 21.5 Å². The third-order valence-corrected chi connectivity index (χ3v) is 6.16. The fourth-order valence-corrected chi connectivity index (χ4v) is 4.28. The summed E-state index contributed by atoms with van der Waals surface area (Å²) < 4.78 is 0. The topological polar surface area (TPSA) is 74.2 Å². The number of pyridine rings is 1. The predicted molar refractivity (Wildman–Crippen MR) is 116 cm³/mol. The van der Waals surface area contributed by atoms with Crippen LogP contribution in [0.4, 0.5) is 17.3 Å². The maximum Gasteiger partial charge on any atom is 0.223 e. The van der Waals surface area contributed by atoms with E-state index in [1.807, 2.05) is 29.2 Å². The number of carbonyl (C=O) groups is 1. The lowest BCUT2D eigenvalue weighted by atomic mass is 10.2. The van der Waals surface area contributed by atoms with Gasteiger partial charge >= 0.3 is 0 Å². The first kappa shape index (κ1) is 19.3. The number of rotatable bonds is 6. The van der Waals surface area contributed by atoms with Gasteiger partial charge < -0.3 is 15.1 Å². The molecule has 150 valence electrons. The summed E-state index contributed by atoms with van der Waals surface area (Å²) >= 11 is 1.73. The Balaban J connectivity index is 1.27. The number of nitrogens with one attached hydrogen (secondary N) is 1. The Kier molecular flexibility index (Phi) is 6.00. The molecule has 8 heteroatoms. The summed E-state index contributed by atoms with van der Waals surface area (Å²) in [6.45, 7) is 5.09. The third-order valence-electron chi connectivity index (χ3n) is 5.07. The van der Waals surface area contributed by atoms with E-state index in [1.54, 1.807) is 23.7 Å². The van der Waals surface area contributed by atoms with Crippen molar-refractivity contribution in [2.45, 2.75) is 19.8 Å². The van der Waals surface area contributed by atoms with Gasteiger partial charge in [0.1, 0.15) is 0 Å². The highest BCUT2D eigenvalue weighted by Crippen LogP contribution is 2.19. The molecule has 0 unspecified atom stereocenters. The van der Waals surface area contributed by atoms with Gasteiger partial charge in [0.05, 0.1) is 11.9 Å². The Morgan fingerprint density at radius 1 is 1.14 bits per heavy atom. The summed E-state index contributed by atoms with van der Waals surface area (Å²) in [7, 11) is 0. The summed E-state index contributed by atoms with van der Waals surface area (Å²) in [5.74, 6) is 1.75.